The molecular formula is C10H11N3S. The Morgan fingerprint density at radius 1 is 1.50 bits per heavy atom. The SMILES string of the molecule is c1cnc2sc(C3CCCN3)nc2c1. The lowest BCUT2D eigenvalue weighted by atomic mass is 10.2. The van der Waals surface area contributed by atoms with Crippen molar-refractivity contribution in [1.82, 2.24) is 15.3 Å². The zero-order valence-corrected chi connectivity index (χ0v) is 8.55. The monoisotopic (exact) mass is 205 g/mol. The Kier molecular flexibility index (Phi) is 1.96. The van der Waals surface area contributed by atoms with Gasteiger partial charge < -0.3 is 5.32 Å². The van der Waals surface area contributed by atoms with Crippen molar-refractivity contribution in [3.8, 4) is 0 Å². The Bertz CT molecular complexity index is 412. The highest BCUT2D eigenvalue weighted by molar-refractivity contribution is 7.18. The Morgan fingerprint density at radius 3 is 3.29 bits per heavy atom. The van der Waals surface area contributed by atoms with Gasteiger partial charge in [-0.2, -0.15) is 0 Å². The number of hydrogen-bond donors (Lipinski definition) is 1. The van der Waals surface area contributed by atoms with Crippen LogP contribution in [0.4, 0.5) is 0 Å². The van der Waals surface area contributed by atoms with Crippen molar-refractivity contribution in [2.75, 3.05) is 6.54 Å². The van der Waals surface area contributed by atoms with Gasteiger partial charge in [-0.1, -0.05) is 11.3 Å². The van der Waals surface area contributed by atoms with Gasteiger partial charge in [0.15, 0.2) is 0 Å². The van der Waals surface area contributed by atoms with E-state index in [1.807, 2.05) is 18.3 Å². The Labute approximate surface area is 86.2 Å². The Hall–Kier alpha value is -1.00. The number of aromatic nitrogens is 2. The van der Waals surface area contributed by atoms with E-state index >= 15 is 0 Å². The van der Waals surface area contributed by atoms with Crippen LogP contribution in [-0.4, -0.2) is 16.5 Å². The van der Waals surface area contributed by atoms with Crippen LogP contribution in [0, 0.1) is 0 Å². The van der Waals surface area contributed by atoms with Gasteiger partial charge in [-0.3, -0.25) is 0 Å². The van der Waals surface area contributed by atoms with Crippen molar-refractivity contribution in [2.24, 2.45) is 0 Å². The normalized spacial score (nSPS) is 21.9. The van der Waals surface area contributed by atoms with E-state index in [2.05, 4.69) is 15.3 Å². The molecule has 0 bridgehead atoms. The number of fused-ring (bicyclic) bond motifs is 1. The van der Waals surface area contributed by atoms with Crippen LogP contribution in [0.25, 0.3) is 10.3 Å². The van der Waals surface area contributed by atoms with E-state index in [0.29, 0.717) is 6.04 Å². The summed E-state index contributed by atoms with van der Waals surface area (Å²) < 4.78 is 0. The smallest absolute Gasteiger partial charge is 0.143 e. The summed E-state index contributed by atoms with van der Waals surface area (Å²) in [5.41, 5.74) is 1.03. The third-order valence-electron chi connectivity index (χ3n) is 2.54. The molecule has 1 N–H and O–H groups in total. The van der Waals surface area contributed by atoms with Gasteiger partial charge in [0, 0.05) is 6.20 Å². The van der Waals surface area contributed by atoms with Crippen LogP contribution in [0.3, 0.4) is 0 Å². The average Bonchev–Trinajstić information content (AvgIpc) is 2.86. The summed E-state index contributed by atoms with van der Waals surface area (Å²) in [6, 6.07) is 4.43. The fraction of sp³-hybridized carbons (Fsp3) is 0.400. The summed E-state index contributed by atoms with van der Waals surface area (Å²) in [5, 5.41) is 4.64. The molecule has 3 rings (SSSR count). The largest absolute Gasteiger partial charge is 0.308 e. The molecule has 0 amide bonds. The summed E-state index contributed by atoms with van der Waals surface area (Å²) in [5.74, 6) is 0. The molecule has 1 aliphatic heterocycles. The first-order valence-electron chi connectivity index (χ1n) is 4.88. The molecule has 0 aromatic carbocycles. The molecule has 3 heterocycles. The summed E-state index contributed by atoms with van der Waals surface area (Å²) in [6.07, 6.45) is 4.29. The molecule has 0 radical (unpaired) electrons. The zero-order valence-electron chi connectivity index (χ0n) is 7.73. The quantitative estimate of drug-likeness (QED) is 0.775. The highest BCUT2D eigenvalue weighted by atomic mass is 32.1. The van der Waals surface area contributed by atoms with E-state index in [9.17, 15) is 0 Å². The lowest BCUT2D eigenvalue weighted by molar-refractivity contribution is 0.644. The zero-order chi connectivity index (χ0) is 9.38. The minimum atomic E-state index is 0.467. The van der Waals surface area contributed by atoms with Crippen molar-refractivity contribution < 1.29 is 0 Å². The number of hydrogen-bond acceptors (Lipinski definition) is 4. The van der Waals surface area contributed by atoms with Crippen LogP contribution >= 0.6 is 11.3 Å². The van der Waals surface area contributed by atoms with Crippen molar-refractivity contribution in [3.63, 3.8) is 0 Å². The molecular weight excluding hydrogens is 194 g/mol. The van der Waals surface area contributed by atoms with Gasteiger partial charge in [-0.05, 0) is 31.5 Å². The fourth-order valence-electron chi connectivity index (χ4n) is 1.83. The Morgan fingerprint density at radius 2 is 2.50 bits per heavy atom. The third kappa shape index (κ3) is 1.31. The maximum atomic E-state index is 4.59. The second-order valence-corrected chi connectivity index (χ2v) is 4.54. The number of pyridine rings is 1. The van der Waals surface area contributed by atoms with Gasteiger partial charge in [0.1, 0.15) is 15.4 Å². The molecule has 1 fully saturated rings. The maximum Gasteiger partial charge on any atom is 0.143 e. The lowest BCUT2D eigenvalue weighted by Gasteiger charge is -2.03. The van der Waals surface area contributed by atoms with E-state index in [0.717, 1.165) is 16.9 Å². The highest BCUT2D eigenvalue weighted by Gasteiger charge is 2.19. The molecule has 1 saturated heterocycles. The van der Waals surface area contributed by atoms with Gasteiger partial charge in [-0.25, -0.2) is 9.97 Å². The minimum absolute atomic E-state index is 0.467. The van der Waals surface area contributed by atoms with Gasteiger partial charge in [0.05, 0.1) is 6.04 Å². The molecule has 0 spiro atoms. The molecule has 1 atom stereocenters. The molecule has 4 heteroatoms. The minimum Gasteiger partial charge on any atom is -0.308 e. The molecule has 1 aliphatic rings. The van der Waals surface area contributed by atoms with E-state index in [1.54, 1.807) is 11.3 Å². The molecule has 14 heavy (non-hydrogen) atoms. The van der Waals surface area contributed by atoms with Crippen molar-refractivity contribution in [2.45, 2.75) is 18.9 Å². The molecule has 0 saturated carbocycles. The number of nitrogens with one attached hydrogen (secondary N) is 1. The standard InChI is InChI=1S/C10H11N3S/c1-3-7(11-5-1)10-13-8-4-2-6-12-9(8)14-10/h2,4,6-7,11H,1,3,5H2. The highest BCUT2D eigenvalue weighted by Crippen LogP contribution is 2.29. The second-order valence-electron chi connectivity index (χ2n) is 3.53. The molecule has 72 valence electrons. The van der Waals surface area contributed by atoms with E-state index < -0.39 is 0 Å². The lowest BCUT2D eigenvalue weighted by Crippen LogP contribution is -2.12. The van der Waals surface area contributed by atoms with Gasteiger partial charge in [-0.15, -0.1) is 0 Å². The van der Waals surface area contributed by atoms with Crippen LogP contribution in [0.2, 0.25) is 0 Å². The predicted molar refractivity (Wildman–Crippen MR) is 57.4 cm³/mol. The first kappa shape index (κ1) is 8.32. The van der Waals surface area contributed by atoms with Gasteiger partial charge in [0.25, 0.3) is 0 Å². The second kappa shape index (κ2) is 3.29. The first-order chi connectivity index (χ1) is 6.93. The van der Waals surface area contributed by atoms with Crippen LogP contribution < -0.4 is 5.32 Å². The van der Waals surface area contributed by atoms with Crippen LogP contribution in [0.1, 0.15) is 23.9 Å². The summed E-state index contributed by atoms with van der Waals surface area (Å²) in [7, 11) is 0. The fourth-order valence-corrected chi connectivity index (χ4v) is 2.85. The van der Waals surface area contributed by atoms with Crippen LogP contribution in [0.5, 0.6) is 0 Å². The predicted octanol–water partition coefficient (Wildman–Crippen LogP) is 2.12. The first-order valence-corrected chi connectivity index (χ1v) is 5.70. The summed E-state index contributed by atoms with van der Waals surface area (Å²) >= 11 is 1.71. The topological polar surface area (TPSA) is 37.8 Å². The maximum absolute atomic E-state index is 4.59. The molecule has 3 nitrogen and oxygen atoms in total. The van der Waals surface area contributed by atoms with E-state index in [4.69, 9.17) is 0 Å². The molecule has 1 unspecified atom stereocenters. The average molecular weight is 205 g/mol. The molecule has 2 aromatic heterocycles. The molecule has 0 aliphatic carbocycles. The molecule has 2 aromatic rings. The third-order valence-corrected chi connectivity index (χ3v) is 3.63. The van der Waals surface area contributed by atoms with Gasteiger partial charge in [0.2, 0.25) is 0 Å². The van der Waals surface area contributed by atoms with Crippen molar-refractivity contribution in [1.29, 1.82) is 0 Å². The number of rotatable bonds is 1. The van der Waals surface area contributed by atoms with Crippen molar-refractivity contribution in [3.05, 3.63) is 23.3 Å². The van der Waals surface area contributed by atoms with Gasteiger partial charge >= 0.3 is 0 Å². The van der Waals surface area contributed by atoms with Crippen LogP contribution in [0.15, 0.2) is 18.3 Å². The number of nitrogens with zero attached hydrogens (tertiary/aromatic N) is 2. The summed E-state index contributed by atoms with van der Waals surface area (Å²) in [6.45, 7) is 1.12. The van der Waals surface area contributed by atoms with Crippen LogP contribution in [-0.2, 0) is 0 Å². The van der Waals surface area contributed by atoms with E-state index in [-0.39, 0.29) is 0 Å². The summed E-state index contributed by atoms with van der Waals surface area (Å²) in [4.78, 5) is 9.94. The van der Waals surface area contributed by atoms with Crippen molar-refractivity contribution >= 4 is 21.7 Å². The number of thiazole rings is 1. The Balaban J connectivity index is 2.05. The van der Waals surface area contributed by atoms with E-state index in [1.165, 1.54) is 17.8 Å².